The molecule has 0 aromatic rings. The third-order valence-electron chi connectivity index (χ3n) is 8.23. The summed E-state index contributed by atoms with van der Waals surface area (Å²) in [5.41, 5.74) is 5.57. The van der Waals surface area contributed by atoms with Gasteiger partial charge < -0.3 is 25.1 Å². The lowest BCUT2D eigenvalue weighted by atomic mass is 10.0. The van der Waals surface area contributed by atoms with Crippen LogP contribution in [0.15, 0.2) is 24.3 Å². The van der Waals surface area contributed by atoms with Crippen molar-refractivity contribution in [3.8, 4) is 0 Å². The summed E-state index contributed by atoms with van der Waals surface area (Å²) < 4.78 is 16.5. The van der Waals surface area contributed by atoms with Gasteiger partial charge in [-0.15, -0.1) is 0 Å². The number of nitrogens with two attached hydrogens (primary N) is 1. The van der Waals surface area contributed by atoms with E-state index in [-0.39, 0.29) is 26.0 Å². The molecule has 1 unspecified atom stereocenters. The fourth-order valence-electron chi connectivity index (χ4n) is 5.36. The lowest BCUT2D eigenvalue weighted by molar-refractivity contribution is -0.217. The molecule has 0 bridgehead atoms. The van der Waals surface area contributed by atoms with Crippen molar-refractivity contribution in [3.63, 3.8) is 0 Å². The van der Waals surface area contributed by atoms with E-state index < -0.39 is 30.9 Å². The third-order valence-corrected chi connectivity index (χ3v) is 8.23. The fraction of sp³-hybridized carbons (Fsp3) is 0.846. The average molecular weight is 652 g/mol. The van der Waals surface area contributed by atoms with Crippen LogP contribution in [-0.2, 0) is 23.8 Å². The first-order valence-corrected chi connectivity index (χ1v) is 19.2. The quantitative estimate of drug-likeness (QED) is 0.0304. The molecule has 0 fully saturated rings. The second kappa shape index (κ2) is 36.1. The number of allylic oxidation sites excluding steroid dienone is 4. The summed E-state index contributed by atoms with van der Waals surface area (Å²) in [6.07, 6.45) is 35.6. The number of hydrogen-bond donors (Lipinski definition) is 2. The van der Waals surface area contributed by atoms with Crippen molar-refractivity contribution in [2.24, 2.45) is 5.73 Å². The Morgan fingerprint density at radius 1 is 0.587 bits per heavy atom. The molecule has 0 radical (unpaired) electrons. The Morgan fingerprint density at radius 2 is 1.00 bits per heavy atom. The van der Waals surface area contributed by atoms with E-state index >= 15 is 0 Å². The third kappa shape index (κ3) is 30.9. The van der Waals surface area contributed by atoms with Gasteiger partial charge in [-0.1, -0.05) is 147 Å². The second-order valence-electron chi connectivity index (χ2n) is 12.7. The molecule has 0 aromatic heterocycles. The summed E-state index contributed by atoms with van der Waals surface area (Å²) in [5.74, 6) is -0.827. The number of rotatable bonds is 35. The van der Waals surface area contributed by atoms with Crippen LogP contribution in [0.2, 0.25) is 0 Å². The highest BCUT2D eigenvalue weighted by atomic mass is 16.7. The Kier molecular flexibility index (Phi) is 34.8. The minimum Gasteiger partial charge on any atom is -0.453 e. The van der Waals surface area contributed by atoms with Crippen LogP contribution in [-0.4, -0.2) is 49.2 Å². The molecule has 7 heteroatoms. The smallest absolute Gasteiger partial charge is 0.308 e. The summed E-state index contributed by atoms with van der Waals surface area (Å²) in [4.78, 5) is 24.9. The molecule has 0 aliphatic carbocycles. The van der Waals surface area contributed by atoms with Crippen molar-refractivity contribution in [1.82, 2.24) is 0 Å². The van der Waals surface area contributed by atoms with E-state index in [1.807, 2.05) is 0 Å². The molecule has 0 amide bonds. The van der Waals surface area contributed by atoms with Crippen LogP contribution in [0.1, 0.15) is 181 Å². The lowest BCUT2D eigenvalue weighted by Crippen LogP contribution is -2.40. The van der Waals surface area contributed by atoms with Crippen molar-refractivity contribution in [3.05, 3.63) is 24.3 Å². The fourth-order valence-corrected chi connectivity index (χ4v) is 5.36. The SMILES string of the molecule is CCCCC/C=C\C/C=C\CCCCCCCC(=O)O[C@H](CO)C(OCCN)OC(=O)CCCCCCCCCCCCCCC. The molecular weight excluding hydrogens is 578 g/mol. The summed E-state index contributed by atoms with van der Waals surface area (Å²) in [7, 11) is 0. The minimum absolute atomic E-state index is 0.135. The zero-order chi connectivity index (χ0) is 33.8. The number of unbranched alkanes of at least 4 members (excludes halogenated alkanes) is 20. The Morgan fingerprint density at radius 3 is 1.48 bits per heavy atom. The maximum absolute atomic E-state index is 12.5. The van der Waals surface area contributed by atoms with Crippen molar-refractivity contribution in [1.29, 1.82) is 0 Å². The van der Waals surface area contributed by atoms with Gasteiger partial charge in [-0.2, -0.15) is 0 Å². The Balaban J connectivity index is 4.05. The molecule has 0 heterocycles. The number of carbonyl (C=O) groups is 2. The highest BCUT2D eigenvalue weighted by molar-refractivity contribution is 5.70. The second-order valence-corrected chi connectivity index (χ2v) is 12.7. The first-order chi connectivity index (χ1) is 22.6. The average Bonchev–Trinajstić information content (AvgIpc) is 3.05. The van der Waals surface area contributed by atoms with Gasteiger partial charge in [0, 0.05) is 19.4 Å². The summed E-state index contributed by atoms with van der Waals surface area (Å²) in [6.45, 7) is 4.35. The van der Waals surface area contributed by atoms with E-state index in [1.54, 1.807) is 0 Å². The van der Waals surface area contributed by atoms with Gasteiger partial charge in [0.05, 0.1) is 13.2 Å². The Labute approximate surface area is 283 Å². The van der Waals surface area contributed by atoms with Crippen molar-refractivity contribution < 1.29 is 28.9 Å². The molecule has 270 valence electrons. The van der Waals surface area contributed by atoms with Gasteiger partial charge in [0.15, 0.2) is 6.10 Å². The van der Waals surface area contributed by atoms with Gasteiger partial charge >= 0.3 is 11.9 Å². The molecule has 0 aliphatic rings. The maximum atomic E-state index is 12.5. The predicted octanol–water partition coefficient (Wildman–Crippen LogP) is 10.0. The first-order valence-electron chi connectivity index (χ1n) is 19.2. The van der Waals surface area contributed by atoms with Crippen molar-refractivity contribution in [2.75, 3.05) is 19.8 Å². The van der Waals surface area contributed by atoms with Crippen molar-refractivity contribution in [2.45, 2.75) is 193 Å². The molecular formula is C39H73NO6. The van der Waals surface area contributed by atoms with Crippen LogP contribution in [0.5, 0.6) is 0 Å². The van der Waals surface area contributed by atoms with Crippen molar-refractivity contribution >= 4 is 11.9 Å². The summed E-state index contributed by atoms with van der Waals surface area (Å²) >= 11 is 0. The first kappa shape index (κ1) is 44.3. The minimum atomic E-state index is -1.16. The maximum Gasteiger partial charge on any atom is 0.308 e. The van der Waals surface area contributed by atoms with Gasteiger partial charge in [-0.3, -0.25) is 9.59 Å². The summed E-state index contributed by atoms with van der Waals surface area (Å²) in [6, 6.07) is 0. The number of carbonyl (C=O) groups excluding carboxylic acids is 2. The number of esters is 2. The van der Waals surface area contributed by atoms with Crippen LogP contribution in [0.4, 0.5) is 0 Å². The zero-order valence-electron chi connectivity index (χ0n) is 30.0. The van der Waals surface area contributed by atoms with Gasteiger partial charge in [-0.05, 0) is 44.9 Å². The Bertz CT molecular complexity index is 725. The van der Waals surface area contributed by atoms with Gasteiger partial charge in [-0.25, -0.2) is 0 Å². The Hall–Kier alpha value is -1.70. The number of ether oxygens (including phenoxy) is 3. The van der Waals surface area contributed by atoms with Crippen LogP contribution in [0.25, 0.3) is 0 Å². The van der Waals surface area contributed by atoms with Gasteiger partial charge in [0.1, 0.15) is 0 Å². The van der Waals surface area contributed by atoms with Crippen LogP contribution in [0.3, 0.4) is 0 Å². The molecule has 0 saturated heterocycles. The molecule has 0 saturated carbocycles. The topological polar surface area (TPSA) is 108 Å². The van der Waals surface area contributed by atoms with E-state index in [0.29, 0.717) is 0 Å². The van der Waals surface area contributed by atoms with Gasteiger partial charge in [0.25, 0.3) is 0 Å². The van der Waals surface area contributed by atoms with E-state index in [1.165, 1.54) is 89.9 Å². The molecule has 3 N–H and O–H groups in total. The molecule has 46 heavy (non-hydrogen) atoms. The highest BCUT2D eigenvalue weighted by Crippen LogP contribution is 2.15. The zero-order valence-corrected chi connectivity index (χ0v) is 30.0. The van der Waals surface area contributed by atoms with Crippen LogP contribution in [0, 0.1) is 0 Å². The molecule has 0 spiro atoms. The molecule has 2 atom stereocenters. The van der Waals surface area contributed by atoms with Gasteiger partial charge in [0.2, 0.25) is 6.29 Å². The standard InChI is InChI=1S/C39H73NO6/c1-3-5-7-9-11-13-15-17-18-20-22-23-25-27-29-31-37(42)45-36(35-41)39(44-34-33-40)46-38(43)32-30-28-26-24-21-19-16-14-12-10-8-6-4-2/h11,13,17-18,36,39,41H,3-10,12,14-16,19-35,40H2,1-2H3/b13-11-,18-17-/t36-,39?/m1/s1. The van der Waals surface area contributed by atoms with E-state index in [2.05, 4.69) is 38.2 Å². The predicted molar refractivity (Wildman–Crippen MR) is 192 cm³/mol. The van der Waals surface area contributed by atoms with Crippen LogP contribution >= 0.6 is 0 Å². The normalized spacial score (nSPS) is 13.0. The number of aliphatic hydroxyl groups is 1. The molecule has 0 aromatic carbocycles. The molecule has 0 aliphatic heterocycles. The largest absolute Gasteiger partial charge is 0.453 e. The van der Waals surface area contributed by atoms with Crippen LogP contribution < -0.4 is 5.73 Å². The molecule has 7 nitrogen and oxygen atoms in total. The molecule has 0 rings (SSSR count). The monoisotopic (exact) mass is 652 g/mol. The van der Waals surface area contributed by atoms with E-state index in [4.69, 9.17) is 19.9 Å². The number of aliphatic hydroxyl groups excluding tert-OH is 1. The van der Waals surface area contributed by atoms with E-state index in [0.717, 1.165) is 64.2 Å². The lowest BCUT2D eigenvalue weighted by Gasteiger charge is -2.25. The number of hydrogen-bond acceptors (Lipinski definition) is 7. The highest BCUT2D eigenvalue weighted by Gasteiger charge is 2.29. The summed E-state index contributed by atoms with van der Waals surface area (Å²) in [5, 5.41) is 9.87. The van der Waals surface area contributed by atoms with E-state index in [9.17, 15) is 14.7 Å².